The van der Waals surface area contributed by atoms with Crippen LogP contribution in [0.4, 0.5) is 0 Å². The van der Waals surface area contributed by atoms with Gasteiger partial charge < -0.3 is 4.40 Å². The van der Waals surface area contributed by atoms with Crippen molar-refractivity contribution in [3.05, 3.63) is 64.8 Å². The number of rotatable bonds is 1. The molecule has 17 heavy (non-hydrogen) atoms. The minimum absolute atomic E-state index is 1.18. The topological polar surface area (TPSA) is 4.41 Å². The summed E-state index contributed by atoms with van der Waals surface area (Å²) in [6, 6.07) is 16.7. The van der Waals surface area contributed by atoms with E-state index in [1.165, 1.54) is 26.8 Å². The Kier molecular flexibility index (Phi) is 2.52. The van der Waals surface area contributed by atoms with Gasteiger partial charge in [-0.25, -0.2) is 0 Å². The normalized spacial score (nSPS) is 10.9. The van der Waals surface area contributed by atoms with Crippen molar-refractivity contribution < 1.29 is 0 Å². The first kappa shape index (κ1) is 10.6. The van der Waals surface area contributed by atoms with Crippen LogP contribution in [0.2, 0.25) is 0 Å². The molecule has 1 aromatic carbocycles. The largest absolute Gasteiger partial charge is 0.315 e. The number of fused-ring (bicyclic) bond motifs is 1. The van der Waals surface area contributed by atoms with E-state index in [2.05, 4.69) is 75.9 Å². The van der Waals surface area contributed by atoms with E-state index >= 15 is 0 Å². The maximum absolute atomic E-state index is 3.68. The summed E-state index contributed by atoms with van der Waals surface area (Å²) in [5.74, 6) is 0. The third-order valence-electron chi connectivity index (χ3n) is 3.06. The molecule has 0 radical (unpaired) electrons. The van der Waals surface area contributed by atoms with E-state index in [1.807, 2.05) is 6.07 Å². The predicted octanol–water partition coefficient (Wildman–Crippen LogP) is 4.68. The van der Waals surface area contributed by atoms with Crippen LogP contribution in [0.1, 0.15) is 5.56 Å². The first-order valence-corrected chi connectivity index (χ1v) is 6.39. The summed E-state index contributed by atoms with van der Waals surface area (Å²) >= 11 is 3.68. The molecule has 0 spiro atoms. The number of pyridine rings is 1. The van der Waals surface area contributed by atoms with Gasteiger partial charge in [0.05, 0.1) is 11.2 Å². The molecular weight excluding hydrogens is 274 g/mol. The van der Waals surface area contributed by atoms with Gasteiger partial charge in [0.15, 0.2) is 0 Å². The minimum Gasteiger partial charge on any atom is -0.315 e. The van der Waals surface area contributed by atoms with Gasteiger partial charge in [-0.05, 0) is 46.1 Å². The van der Waals surface area contributed by atoms with E-state index in [1.54, 1.807) is 0 Å². The van der Waals surface area contributed by atoms with Crippen LogP contribution in [0, 0.1) is 6.92 Å². The summed E-state index contributed by atoms with van der Waals surface area (Å²) in [5, 5.41) is 0. The molecule has 0 fully saturated rings. The fourth-order valence-corrected chi connectivity index (χ4v) is 2.76. The third-order valence-corrected chi connectivity index (χ3v) is 4.06. The molecule has 1 nitrogen and oxygen atoms in total. The van der Waals surface area contributed by atoms with Gasteiger partial charge in [0.2, 0.25) is 0 Å². The Bertz CT molecular complexity index is 668. The number of hydrogen-bond donors (Lipinski definition) is 0. The van der Waals surface area contributed by atoms with Crippen molar-refractivity contribution >= 4 is 21.4 Å². The average molecular weight is 286 g/mol. The lowest BCUT2D eigenvalue weighted by atomic mass is 10.1. The molecule has 0 saturated heterocycles. The van der Waals surface area contributed by atoms with Crippen LogP contribution in [0.5, 0.6) is 0 Å². The third kappa shape index (κ3) is 1.60. The molecule has 0 saturated carbocycles. The van der Waals surface area contributed by atoms with Crippen LogP contribution < -0.4 is 0 Å². The molecule has 3 rings (SSSR count). The van der Waals surface area contributed by atoms with Crippen molar-refractivity contribution in [2.45, 2.75) is 6.92 Å². The van der Waals surface area contributed by atoms with Crippen LogP contribution >= 0.6 is 15.9 Å². The number of hydrogen-bond acceptors (Lipinski definition) is 0. The highest BCUT2D eigenvalue weighted by molar-refractivity contribution is 9.10. The molecule has 84 valence electrons. The molecule has 0 N–H and O–H groups in total. The quantitative estimate of drug-likeness (QED) is 0.612. The lowest BCUT2D eigenvalue weighted by Gasteiger charge is -2.03. The van der Waals surface area contributed by atoms with Crippen molar-refractivity contribution in [3.63, 3.8) is 0 Å². The highest BCUT2D eigenvalue weighted by Crippen LogP contribution is 2.34. The lowest BCUT2D eigenvalue weighted by Crippen LogP contribution is -1.87. The fraction of sp³-hybridized carbons (Fsp3) is 0.0667. The predicted molar refractivity (Wildman–Crippen MR) is 75.3 cm³/mol. The van der Waals surface area contributed by atoms with Crippen molar-refractivity contribution in [2.24, 2.45) is 0 Å². The monoisotopic (exact) mass is 285 g/mol. The molecule has 0 aliphatic carbocycles. The zero-order valence-corrected chi connectivity index (χ0v) is 11.1. The first-order valence-electron chi connectivity index (χ1n) is 5.59. The van der Waals surface area contributed by atoms with E-state index in [0.29, 0.717) is 0 Å². The highest BCUT2D eigenvalue weighted by Gasteiger charge is 2.13. The zero-order chi connectivity index (χ0) is 11.8. The van der Waals surface area contributed by atoms with Gasteiger partial charge in [0.1, 0.15) is 0 Å². The van der Waals surface area contributed by atoms with Crippen LogP contribution in [-0.4, -0.2) is 4.40 Å². The van der Waals surface area contributed by atoms with Crippen molar-refractivity contribution in [1.29, 1.82) is 0 Å². The maximum atomic E-state index is 3.68. The molecule has 0 aliphatic heterocycles. The Morgan fingerprint density at radius 3 is 2.41 bits per heavy atom. The van der Waals surface area contributed by atoms with Gasteiger partial charge >= 0.3 is 0 Å². The van der Waals surface area contributed by atoms with Gasteiger partial charge in [0.25, 0.3) is 0 Å². The standard InChI is InChI=1S/C15H12BrN/c1-11-14(16)13-9-5-6-10-17(13)15(11)12-7-3-2-4-8-12/h2-10H,1H3. The second kappa shape index (κ2) is 4.04. The van der Waals surface area contributed by atoms with E-state index < -0.39 is 0 Å². The summed E-state index contributed by atoms with van der Waals surface area (Å²) in [7, 11) is 0. The van der Waals surface area contributed by atoms with E-state index in [0.717, 1.165) is 0 Å². The summed E-state index contributed by atoms with van der Waals surface area (Å²) in [6.45, 7) is 2.15. The summed E-state index contributed by atoms with van der Waals surface area (Å²) in [4.78, 5) is 0. The molecule has 0 aliphatic rings. The van der Waals surface area contributed by atoms with Crippen molar-refractivity contribution in [1.82, 2.24) is 4.40 Å². The molecule has 0 bridgehead atoms. The Morgan fingerprint density at radius 1 is 0.941 bits per heavy atom. The van der Waals surface area contributed by atoms with Gasteiger partial charge in [-0.3, -0.25) is 0 Å². The molecule has 2 heterocycles. The average Bonchev–Trinajstić information content (AvgIpc) is 2.64. The Morgan fingerprint density at radius 2 is 1.65 bits per heavy atom. The lowest BCUT2D eigenvalue weighted by molar-refractivity contribution is 1.19. The molecular formula is C15H12BrN. The minimum atomic E-state index is 1.18. The zero-order valence-electron chi connectivity index (χ0n) is 9.52. The molecule has 2 aromatic heterocycles. The fourth-order valence-electron chi connectivity index (χ4n) is 2.25. The first-order chi connectivity index (χ1) is 8.29. The van der Waals surface area contributed by atoms with Crippen LogP contribution in [0.3, 0.4) is 0 Å². The summed E-state index contributed by atoms with van der Waals surface area (Å²) in [5.41, 5.74) is 5.00. The van der Waals surface area contributed by atoms with Gasteiger partial charge in [0, 0.05) is 10.7 Å². The smallest absolute Gasteiger partial charge is 0.0601 e. The van der Waals surface area contributed by atoms with Gasteiger partial charge in [-0.2, -0.15) is 0 Å². The second-order valence-corrected chi connectivity index (χ2v) is 4.90. The number of benzene rings is 1. The molecule has 2 heteroatoms. The van der Waals surface area contributed by atoms with Crippen LogP contribution in [0.15, 0.2) is 59.2 Å². The van der Waals surface area contributed by atoms with Crippen molar-refractivity contribution in [3.8, 4) is 11.3 Å². The molecule has 3 aromatic rings. The van der Waals surface area contributed by atoms with E-state index in [-0.39, 0.29) is 0 Å². The maximum Gasteiger partial charge on any atom is 0.0601 e. The SMILES string of the molecule is Cc1c(Br)c2ccccn2c1-c1ccccc1. The number of aromatic nitrogens is 1. The molecule has 0 amide bonds. The molecule has 0 unspecified atom stereocenters. The van der Waals surface area contributed by atoms with Gasteiger partial charge in [-0.1, -0.05) is 36.4 Å². The molecule has 0 atom stereocenters. The van der Waals surface area contributed by atoms with Gasteiger partial charge in [-0.15, -0.1) is 0 Å². The summed E-state index contributed by atoms with van der Waals surface area (Å²) < 4.78 is 3.41. The Labute approximate surface area is 109 Å². The van der Waals surface area contributed by atoms with E-state index in [4.69, 9.17) is 0 Å². The van der Waals surface area contributed by atoms with Crippen LogP contribution in [0.25, 0.3) is 16.8 Å². The second-order valence-electron chi connectivity index (χ2n) is 4.11. The Hall–Kier alpha value is -1.54. The van der Waals surface area contributed by atoms with Crippen LogP contribution in [-0.2, 0) is 0 Å². The number of nitrogens with zero attached hydrogens (tertiary/aromatic N) is 1. The van der Waals surface area contributed by atoms with Crippen molar-refractivity contribution in [2.75, 3.05) is 0 Å². The number of halogens is 1. The highest BCUT2D eigenvalue weighted by atomic mass is 79.9. The van der Waals surface area contributed by atoms with E-state index in [9.17, 15) is 0 Å². The summed E-state index contributed by atoms with van der Waals surface area (Å²) in [6.07, 6.45) is 2.11. The Balaban J connectivity index is 2.41.